The molecule has 6 nitrogen and oxygen atoms in total. The lowest BCUT2D eigenvalue weighted by Gasteiger charge is -2.34. The molecule has 0 atom stereocenters. The lowest BCUT2D eigenvalue weighted by Crippen LogP contribution is -2.46. The van der Waals surface area contributed by atoms with Crippen molar-refractivity contribution in [3.8, 4) is 0 Å². The van der Waals surface area contributed by atoms with Gasteiger partial charge in [0, 0.05) is 45.5 Å². The number of piperazine rings is 1. The van der Waals surface area contributed by atoms with Crippen LogP contribution in [0, 0.1) is 0 Å². The van der Waals surface area contributed by atoms with Crippen LogP contribution >= 0.6 is 0 Å². The first kappa shape index (κ1) is 19.7. The van der Waals surface area contributed by atoms with E-state index in [4.69, 9.17) is 0 Å². The molecule has 2 rings (SSSR count). The molecule has 2 N–H and O–H groups in total. The van der Waals surface area contributed by atoms with Crippen LogP contribution in [0.15, 0.2) is 29.4 Å². The topological polar surface area (TPSA) is 55.8 Å². The number of pyridine rings is 1. The maximum absolute atomic E-state index is 4.60. The van der Waals surface area contributed by atoms with Gasteiger partial charge in [0.05, 0.1) is 12.2 Å². The van der Waals surface area contributed by atoms with Crippen LogP contribution in [-0.2, 0) is 6.54 Å². The number of rotatable bonds is 9. The summed E-state index contributed by atoms with van der Waals surface area (Å²) in [6, 6.07) is 5.93. The minimum atomic E-state index is 0.609. The molecular formula is C19H34N6. The summed E-state index contributed by atoms with van der Waals surface area (Å²) >= 11 is 0. The third-order valence-corrected chi connectivity index (χ3v) is 4.58. The van der Waals surface area contributed by atoms with Gasteiger partial charge in [0.15, 0.2) is 5.96 Å². The van der Waals surface area contributed by atoms with Gasteiger partial charge in [0.25, 0.3) is 0 Å². The second-order valence-corrected chi connectivity index (χ2v) is 6.43. The number of unbranched alkanes of at least 4 members (excludes halogenated alkanes) is 1. The molecule has 0 aromatic carbocycles. The van der Waals surface area contributed by atoms with E-state index in [-0.39, 0.29) is 0 Å². The summed E-state index contributed by atoms with van der Waals surface area (Å²) in [5, 5.41) is 6.73. The summed E-state index contributed by atoms with van der Waals surface area (Å²) in [6.07, 6.45) is 4.21. The molecule has 25 heavy (non-hydrogen) atoms. The first-order chi connectivity index (χ1) is 12.3. The van der Waals surface area contributed by atoms with E-state index < -0.39 is 0 Å². The molecule has 0 radical (unpaired) electrons. The van der Waals surface area contributed by atoms with Gasteiger partial charge in [-0.1, -0.05) is 13.0 Å². The number of aromatic nitrogens is 1. The Balaban J connectivity index is 1.61. The van der Waals surface area contributed by atoms with Crippen LogP contribution in [0.25, 0.3) is 0 Å². The zero-order valence-electron chi connectivity index (χ0n) is 15.9. The molecule has 1 aromatic heterocycles. The van der Waals surface area contributed by atoms with Crippen LogP contribution in [-0.4, -0.2) is 73.1 Å². The standard InChI is InChI=1S/C19H34N6/c1-3-20-19(23-17-18-9-5-6-10-21-18)22-11-7-8-12-25-15-13-24(4-2)14-16-25/h5-6,9-10H,3-4,7-8,11-17H2,1-2H3,(H2,20,22,23). The summed E-state index contributed by atoms with van der Waals surface area (Å²) in [5.41, 5.74) is 0.992. The lowest BCUT2D eigenvalue weighted by atomic mass is 10.2. The highest BCUT2D eigenvalue weighted by Gasteiger charge is 2.14. The van der Waals surface area contributed by atoms with Gasteiger partial charge in [-0.2, -0.15) is 0 Å². The Kier molecular flexibility index (Phi) is 9.29. The summed E-state index contributed by atoms with van der Waals surface area (Å²) in [4.78, 5) is 14.0. The van der Waals surface area contributed by atoms with Crippen molar-refractivity contribution in [3.63, 3.8) is 0 Å². The van der Waals surface area contributed by atoms with E-state index in [0.29, 0.717) is 6.54 Å². The third kappa shape index (κ3) is 7.84. The SMILES string of the molecule is CCNC(=NCc1ccccn1)NCCCCN1CCN(CC)CC1. The van der Waals surface area contributed by atoms with Gasteiger partial charge in [-0.25, -0.2) is 4.99 Å². The van der Waals surface area contributed by atoms with E-state index in [1.807, 2.05) is 24.4 Å². The van der Waals surface area contributed by atoms with Gasteiger partial charge in [-0.15, -0.1) is 0 Å². The van der Waals surface area contributed by atoms with Gasteiger partial charge in [0.1, 0.15) is 0 Å². The Hall–Kier alpha value is -1.66. The van der Waals surface area contributed by atoms with Crippen LogP contribution in [0.1, 0.15) is 32.4 Å². The number of hydrogen-bond donors (Lipinski definition) is 2. The van der Waals surface area contributed by atoms with E-state index >= 15 is 0 Å². The summed E-state index contributed by atoms with van der Waals surface area (Å²) in [7, 11) is 0. The Morgan fingerprint density at radius 3 is 2.56 bits per heavy atom. The average Bonchev–Trinajstić information content (AvgIpc) is 2.67. The van der Waals surface area contributed by atoms with Crippen molar-refractivity contribution >= 4 is 5.96 Å². The molecular weight excluding hydrogens is 312 g/mol. The van der Waals surface area contributed by atoms with E-state index in [1.165, 1.54) is 52.1 Å². The van der Waals surface area contributed by atoms with E-state index in [1.54, 1.807) is 0 Å². The zero-order chi connectivity index (χ0) is 17.7. The largest absolute Gasteiger partial charge is 0.357 e. The fourth-order valence-electron chi connectivity index (χ4n) is 2.99. The van der Waals surface area contributed by atoms with Gasteiger partial charge >= 0.3 is 0 Å². The molecule has 6 heteroatoms. The van der Waals surface area contributed by atoms with Crippen LogP contribution in [0.3, 0.4) is 0 Å². The molecule has 1 aliphatic heterocycles. The molecule has 1 fully saturated rings. The van der Waals surface area contributed by atoms with Crippen molar-refractivity contribution in [2.45, 2.75) is 33.2 Å². The number of nitrogens with zero attached hydrogens (tertiary/aromatic N) is 4. The normalized spacial score (nSPS) is 16.8. The minimum Gasteiger partial charge on any atom is -0.357 e. The van der Waals surface area contributed by atoms with Gasteiger partial charge < -0.3 is 20.4 Å². The molecule has 140 valence electrons. The third-order valence-electron chi connectivity index (χ3n) is 4.58. The Morgan fingerprint density at radius 2 is 1.88 bits per heavy atom. The molecule has 0 amide bonds. The highest BCUT2D eigenvalue weighted by atomic mass is 15.3. The molecule has 1 aliphatic rings. The highest BCUT2D eigenvalue weighted by Crippen LogP contribution is 2.03. The van der Waals surface area contributed by atoms with E-state index in [9.17, 15) is 0 Å². The second-order valence-electron chi connectivity index (χ2n) is 6.43. The first-order valence-corrected chi connectivity index (χ1v) is 9.68. The molecule has 0 aliphatic carbocycles. The van der Waals surface area contributed by atoms with E-state index in [0.717, 1.165) is 24.7 Å². The molecule has 0 saturated carbocycles. The van der Waals surface area contributed by atoms with Crippen molar-refractivity contribution < 1.29 is 0 Å². The molecule has 2 heterocycles. The molecule has 0 bridgehead atoms. The Bertz CT molecular complexity index is 482. The Labute approximate surface area is 152 Å². The van der Waals surface area contributed by atoms with Crippen molar-refractivity contribution in [2.75, 3.05) is 52.4 Å². The van der Waals surface area contributed by atoms with Gasteiger partial charge in [0.2, 0.25) is 0 Å². The predicted octanol–water partition coefficient (Wildman–Crippen LogP) is 1.55. The number of guanidine groups is 1. The van der Waals surface area contributed by atoms with Crippen LogP contribution < -0.4 is 10.6 Å². The van der Waals surface area contributed by atoms with Crippen LogP contribution in [0.4, 0.5) is 0 Å². The van der Waals surface area contributed by atoms with Crippen LogP contribution in [0.2, 0.25) is 0 Å². The number of aliphatic imine (C=N–C) groups is 1. The smallest absolute Gasteiger partial charge is 0.191 e. The number of hydrogen-bond acceptors (Lipinski definition) is 4. The second kappa shape index (κ2) is 11.8. The van der Waals surface area contributed by atoms with Crippen molar-refractivity contribution in [1.29, 1.82) is 0 Å². The van der Waals surface area contributed by atoms with Crippen molar-refractivity contribution in [1.82, 2.24) is 25.4 Å². The lowest BCUT2D eigenvalue weighted by molar-refractivity contribution is 0.136. The fraction of sp³-hybridized carbons (Fsp3) is 0.684. The minimum absolute atomic E-state index is 0.609. The summed E-state index contributed by atoms with van der Waals surface area (Å²) in [5.74, 6) is 0.879. The van der Waals surface area contributed by atoms with Crippen molar-refractivity contribution in [3.05, 3.63) is 30.1 Å². The molecule has 1 aromatic rings. The van der Waals surface area contributed by atoms with Gasteiger partial charge in [-0.3, -0.25) is 4.98 Å². The Morgan fingerprint density at radius 1 is 1.08 bits per heavy atom. The fourth-order valence-corrected chi connectivity index (χ4v) is 2.99. The number of likely N-dealkylation sites (N-methyl/N-ethyl adjacent to an activating group) is 1. The molecule has 0 spiro atoms. The summed E-state index contributed by atoms with van der Waals surface area (Å²) in [6.45, 7) is 14.1. The number of nitrogens with one attached hydrogen (secondary N) is 2. The summed E-state index contributed by atoms with van der Waals surface area (Å²) < 4.78 is 0. The molecule has 1 saturated heterocycles. The van der Waals surface area contributed by atoms with Crippen LogP contribution in [0.5, 0.6) is 0 Å². The quantitative estimate of drug-likeness (QED) is 0.404. The monoisotopic (exact) mass is 346 g/mol. The maximum atomic E-state index is 4.60. The van der Waals surface area contributed by atoms with Crippen molar-refractivity contribution in [2.24, 2.45) is 4.99 Å². The highest BCUT2D eigenvalue weighted by molar-refractivity contribution is 5.79. The first-order valence-electron chi connectivity index (χ1n) is 9.68. The maximum Gasteiger partial charge on any atom is 0.191 e. The zero-order valence-corrected chi connectivity index (χ0v) is 15.9. The predicted molar refractivity (Wildman–Crippen MR) is 105 cm³/mol. The van der Waals surface area contributed by atoms with E-state index in [2.05, 4.69) is 44.3 Å². The average molecular weight is 347 g/mol. The molecule has 0 unspecified atom stereocenters. The van der Waals surface area contributed by atoms with Gasteiger partial charge in [-0.05, 0) is 45.0 Å².